The van der Waals surface area contributed by atoms with Gasteiger partial charge in [-0.3, -0.25) is 9.48 Å². The first-order valence-corrected chi connectivity index (χ1v) is 5.62. The lowest BCUT2D eigenvalue weighted by Gasteiger charge is -2.16. The first-order chi connectivity index (χ1) is 7.59. The maximum Gasteiger partial charge on any atom is 0.312 e. The molecule has 0 radical (unpaired) electrons. The van der Waals surface area contributed by atoms with Crippen LogP contribution in [0.5, 0.6) is 0 Å². The zero-order valence-electron chi connectivity index (χ0n) is 9.39. The van der Waals surface area contributed by atoms with E-state index >= 15 is 0 Å². The summed E-state index contributed by atoms with van der Waals surface area (Å²) < 4.78 is 1.53. The molecule has 88 valence electrons. The fourth-order valence-corrected chi connectivity index (χ4v) is 2.52. The lowest BCUT2D eigenvalue weighted by molar-refractivity contribution is -0.140. The first kappa shape index (κ1) is 11.0. The minimum Gasteiger partial charge on any atom is -0.481 e. The van der Waals surface area contributed by atoms with Crippen molar-refractivity contribution in [3.63, 3.8) is 0 Å². The maximum absolute atomic E-state index is 11.3. The zero-order chi connectivity index (χ0) is 11.7. The number of hydrogen-bond donors (Lipinski definition) is 2. The van der Waals surface area contributed by atoms with E-state index in [1.54, 1.807) is 13.1 Å². The molecule has 1 aromatic heterocycles. The highest BCUT2D eigenvalue weighted by Crippen LogP contribution is 2.37. The number of nitrogen functional groups attached to an aromatic ring is 1. The third-order valence-corrected chi connectivity index (χ3v) is 3.39. The number of nitrogens with two attached hydrogens (primary N) is 1. The third-order valence-electron chi connectivity index (χ3n) is 3.39. The van der Waals surface area contributed by atoms with Crippen molar-refractivity contribution in [2.45, 2.75) is 31.6 Å². The Hall–Kier alpha value is -1.52. The molecule has 0 aromatic carbocycles. The van der Waals surface area contributed by atoms with E-state index in [2.05, 4.69) is 5.10 Å². The van der Waals surface area contributed by atoms with Crippen LogP contribution in [0.3, 0.4) is 0 Å². The van der Waals surface area contributed by atoms with Crippen LogP contribution in [0.2, 0.25) is 0 Å². The normalized spacial score (nSPS) is 18.8. The van der Waals surface area contributed by atoms with Crippen LogP contribution in [0.1, 0.15) is 37.3 Å². The Labute approximate surface area is 94.2 Å². The second-order valence-corrected chi connectivity index (χ2v) is 4.48. The number of carboxylic acid groups (broad SMARTS) is 1. The molecule has 0 spiro atoms. The van der Waals surface area contributed by atoms with Crippen molar-refractivity contribution >= 4 is 11.8 Å². The number of hydrogen-bond acceptors (Lipinski definition) is 3. The number of aliphatic carboxylic acids is 1. The van der Waals surface area contributed by atoms with Gasteiger partial charge in [0.1, 0.15) is 11.7 Å². The second kappa shape index (κ2) is 4.15. The molecule has 1 heterocycles. The molecule has 5 heteroatoms. The molecule has 1 unspecified atom stereocenters. The number of aromatic nitrogens is 2. The molecular weight excluding hydrogens is 206 g/mol. The molecule has 3 N–H and O–H groups in total. The van der Waals surface area contributed by atoms with E-state index in [4.69, 9.17) is 5.73 Å². The smallest absolute Gasteiger partial charge is 0.312 e. The third kappa shape index (κ3) is 1.89. The lowest BCUT2D eigenvalue weighted by atomic mass is 9.88. The van der Waals surface area contributed by atoms with Gasteiger partial charge in [-0.15, -0.1) is 0 Å². The van der Waals surface area contributed by atoms with E-state index in [9.17, 15) is 9.90 Å². The van der Waals surface area contributed by atoms with Gasteiger partial charge in [-0.2, -0.15) is 5.10 Å². The summed E-state index contributed by atoms with van der Waals surface area (Å²) in [5.41, 5.74) is 6.28. The molecule has 5 nitrogen and oxygen atoms in total. The van der Waals surface area contributed by atoms with Crippen molar-refractivity contribution < 1.29 is 9.90 Å². The number of aryl methyl sites for hydroxylation is 1. The fourth-order valence-electron chi connectivity index (χ4n) is 2.52. The first-order valence-electron chi connectivity index (χ1n) is 5.62. The summed E-state index contributed by atoms with van der Waals surface area (Å²) in [6, 6.07) is 1.68. The van der Waals surface area contributed by atoms with E-state index < -0.39 is 11.9 Å². The Morgan fingerprint density at radius 1 is 1.62 bits per heavy atom. The van der Waals surface area contributed by atoms with Gasteiger partial charge in [-0.1, -0.05) is 12.8 Å². The largest absolute Gasteiger partial charge is 0.481 e. The van der Waals surface area contributed by atoms with Gasteiger partial charge in [-0.05, 0) is 18.8 Å². The minimum atomic E-state index is -0.787. The van der Waals surface area contributed by atoms with Crippen LogP contribution in [-0.4, -0.2) is 20.9 Å². The Morgan fingerprint density at radius 3 is 2.69 bits per heavy atom. The topological polar surface area (TPSA) is 81.1 Å². The van der Waals surface area contributed by atoms with Crippen LogP contribution in [0.25, 0.3) is 0 Å². The summed E-state index contributed by atoms with van der Waals surface area (Å²) in [5.74, 6) is -0.554. The maximum atomic E-state index is 11.3. The molecule has 1 aliphatic carbocycles. The SMILES string of the molecule is Cn1nc(C(C(=O)O)C2CCCC2)cc1N. The van der Waals surface area contributed by atoms with Crippen molar-refractivity contribution in [1.29, 1.82) is 0 Å². The number of anilines is 1. The van der Waals surface area contributed by atoms with Crippen LogP contribution in [-0.2, 0) is 11.8 Å². The Bertz CT molecular complexity index is 374. The zero-order valence-corrected chi connectivity index (χ0v) is 9.39. The summed E-state index contributed by atoms with van der Waals surface area (Å²) in [7, 11) is 1.73. The standard InChI is InChI=1S/C11H17N3O2/c1-14-9(12)6-8(13-14)10(11(15)16)7-4-2-3-5-7/h6-7,10H,2-5,12H2,1H3,(H,15,16). The molecular formula is C11H17N3O2. The van der Waals surface area contributed by atoms with Crippen LogP contribution >= 0.6 is 0 Å². The summed E-state index contributed by atoms with van der Waals surface area (Å²) in [5, 5.41) is 13.5. The van der Waals surface area contributed by atoms with E-state index in [-0.39, 0.29) is 5.92 Å². The van der Waals surface area contributed by atoms with Crippen molar-refractivity contribution in [3.05, 3.63) is 11.8 Å². The molecule has 1 fully saturated rings. The van der Waals surface area contributed by atoms with Gasteiger partial charge in [0.15, 0.2) is 0 Å². The van der Waals surface area contributed by atoms with Crippen molar-refractivity contribution in [2.75, 3.05) is 5.73 Å². The fraction of sp³-hybridized carbons (Fsp3) is 0.636. The van der Waals surface area contributed by atoms with E-state index in [1.165, 1.54) is 4.68 Å². The van der Waals surface area contributed by atoms with Gasteiger partial charge in [0.25, 0.3) is 0 Å². The summed E-state index contributed by atoms with van der Waals surface area (Å²) in [6.07, 6.45) is 4.20. The van der Waals surface area contributed by atoms with Gasteiger partial charge < -0.3 is 10.8 Å². The highest BCUT2D eigenvalue weighted by Gasteiger charge is 2.33. The molecule has 2 rings (SSSR count). The predicted molar refractivity (Wildman–Crippen MR) is 60.0 cm³/mol. The van der Waals surface area contributed by atoms with Crippen LogP contribution < -0.4 is 5.73 Å². The van der Waals surface area contributed by atoms with Crippen LogP contribution in [0.15, 0.2) is 6.07 Å². The van der Waals surface area contributed by atoms with Gasteiger partial charge in [0, 0.05) is 13.1 Å². The number of nitrogens with zero attached hydrogens (tertiary/aromatic N) is 2. The van der Waals surface area contributed by atoms with Crippen molar-refractivity contribution in [3.8, 4) is 0 Å². The molecule has 0 saturated heterocycles. The van der Waals surface area contributed by atoms with Crippen LogP contribution in [0, 0.1) is 5.92 Å². The second-order valence-electron chi connectivity index (χ2n) is 4.48. The minimum absolute atomic E-state index is 0.215. The molecule has 1 aromatic rings. The van der Waals surface area contributed by atoms with Gasteiger partial charge in [0.05, 0.1) is 5.69 Å². The molecule has 1 saturated carbocycles. The molecule has 1 aliphatic rings. The van der Waals surface area contributed by atoms with Gasteiger partial charge in [0.2, 0.25) is 0 Å². The lowest BCUT2D eigenvalue weighted by Crippen LogP contribution is -2.20. The Balaban J connectivity index is 2.28. The van der Waals surface area contributed by atoms with Crippen molar-refractivity contribution in [2.24, 2.45) is 13.0 Å². The Morgan fingerprint density at radius 2 is 2.25 bits per heavy atom. The quantitative estimate of drug-likeness (QED) is 0.810. The molecule has 16 heavy (non-hydrogen) atoms. The van der Waals surface area contributed by atoms with E-state index in [0.29, 0.717) is 11.5 Å². The van der Waals surface area contributed by atoms with Gasteiger partial charge in [-0.25, -0.2) is 0 Å². The molecule has 0 aliphatic heterocycles. The summed E-state index contributed by atoms with van der Waals surface area (Å²) in [4.78, 5) is 11.3. The summed E-state index contributed by atoms with van der Waals surface area (Å²) in [6.45, 7) is 0. The van der Waals surface area contributed by atoms with E-state index in [1.807, 2.05) is 0 Å². The van der Waals surface area contributed by atoms with Gasteiger partial charge >= 0.3 is 5.97 Å². The number of rotatable bonds is 3. The molecule has 0 amide bonds. The van der Waals surface area contributed by atoms with Crippen LogP contribution in [0.4, 0.5) is 5.82 Å². The average molecular weight is 223 g/mol. The molecule has 0 bridgehead atoms. The highest BCUT2D eigenvalue weighted by molar-refractivity contribution is 5.76. The monoisotopic (exact) mass is 223 g/mol. The summed E-state index contributed by atoms with van der Waals surface area (Å²) >= 11 is 0. The molecule has 1 atom stereocenters. The van der Waals surface area contributed by atoms with Crippen molar-refractivity contribution in [1.82, 2.24) is 9.78 Å². The average Bonchev–Trinajstić information content (AvgIpc) is 2.79. The number of carboxylic acids is 1. The Kier molecular flexibility index (Phi) is 2.85. The highest BCUT2D eigenvalue weighted by atomic mass is 16.4. The predicted octanol–water partition coefficient (Wildman–Crippen LogP) is 1.36. The van der Waals surface area contributed by atoms with E-state index in [0.717, 1.165) is 25.7 Å². The number of carbonyl (C=O) groups is 1.